The molecule has 0 spiro atoms. The molecule has 0 radical (unpaired) electrons. The highest BCUT2D eigenvalue weighted by atomic mass is 32.2. The number of carbonyl (C=O) groups is 1. The van der Waals surface area contributed by atoms with Gasteiger partial charge in [-0.25, -0.2) is 4.21 Å². The molecule has 0 aliphatic rings. The molecule has 0 aromatic heterocycles. The van der Waals surface area contributed by atoms with Crippen LogP contribution in [0.25, 0.3) is 0 Å². The molecule has 60 valence electrons. The topological polar surface area (TPSA) is 63.6 Å². The van der Waals surface area contributed by atoms with Crippen LogP contribution >= 0.6 is 0 Å². The van der Waals surface area contributed by atoms with Crippen molar-refractivity contribution in [3.05, 3.63) is 0 Å². The van der Waals surface area contributed by atoms with Crippen LogP contribution in [0.1, 0.15) is 19.8 Å². The van der Waals surface area contributed by atoms with E-state index in [1.165, 1.54) is 0 Å². The van der Waals surface area contributed by atoms with E-state index >= 15 is 0 Å². The third-order valence-electron chi connectivity index (χ3n) is 0.775. The molecule has 1 unspecified atom stereocenters. The van der Waals surface area contributed by atoms with Gasteiger partial charge in [-0.15, -0.1) is 0 Å². The third-order valence-corrected chi connectivity index (χ3v) is 1.09. The van der Waals surface area contributed by atoms with E-state index in [0.29, 0.717) is 12.8 Å². The predicted octanol–water partition coefficient (Wildman–Crippen LogP) is 0.509. The first-order valence-electron chi connectivity index (χ1n) is 2.90. The monoisotopic (exact) mass is 166 g/mol. The van der Waals surface area contributed by atoms with Gasteiger partial charge in [-0.1, -0.05) is 6.92 Å². The van der Waals surface area contributed by atoms with E-state index in [1.807, 2.05) is 6.92 Å². The van der Waals surface area contributed by atoms with Crippen LogP contribution in [0.5, 0.6) is 0 Å². The Balaban J connectivity index is 3.30. The quantitative estimate of drug-likeness (QED) is 0.488. The first-order valence-corrected chi connectivity index (χ1v) is 4.17. The number of carbonyl (C=O) groups excluding carboxylic acids is 1. The molecule has 0 rings (SSSR count). The van der Waals surface area contributed by atoms with E-state index in [2.05, 4.69) is 4.74 Å². The molecule has 0 saturated heterocycles. The standard InChI is InChI=1S/C5H10O4S/c1-2-3-5(6)9-4-10(7)8/h2-4H2,1H3,(H,7,8). The molecule has 0 bridgehead atoms. The lowest BCUT2D eigenvalue weighted by Gasteiger charge is -1.98. The average molecular weight is 166 g/mol. The van der Waals surface area contributed by atoms with Crippen molar-refractivity contribution in [3.63, 3.8) is 0 Å². The van der Waals surface area contributed by atoms with Gasteiger partial charge in [-0.3, -0.25) is 4.79 Å². The van der Waals surface area contributed by atoms with Crippen molar-refractivity contribution in [1.82, 2.24) is 0 Å². The first-order chi connectivity index (χ1) is 4.66. The molecule has 0 aliphatic heterocycles. The van der Waals surface area contributed by atoms with Crippen LogP contribution in [-0.2, 0) is 20.6 Å². The van der Waals surface area contributed by atoms with Gasteiger partial charge in [-0.2, -0.15) is 0 Å². The second-order valence-electron chi connectivity index (χ2n) is 1.71. The van der Waals surface area contributed by atoms with Crippen LogP contribution < -0.4 is 0 Å². The zero-order valence-corrected chi connectivity index (χ0v) is 6.52. The lowest BCUT2D eigenvalue weighted by atomic mass is 10.3. The van der Waals surface area contributed by atoms with Gasteiger partial charge in [0, 0.05) is 6.42 Å². The Morgan fingerprint density at radius 2 is 2.30 bits per heavy atom. The van der Waals surface area contributed by atoms with E-state index in [9.17, 15) is 9.00 Å². The number of rotatable bonds is 4. The van der Waals surface area contributed by atoms with Crippen LogP contribution in [0.2, 0.25) is 0 Å². The largest absolute Gasteiger partial charge is 0.449 e. The Bertz CT molecular complexity index is 134. The van der Waals surface area contributed by atoms with Crippen molar-refractivity contribution in [1.29, 1.82) is 0 Å². The third kappa shape index (κ3) is 5.71. The molecule has 0 saturated carbocycles. The molecule has 10 heavy (non-hydrogen) atoms. The molecular weight excluding hydrogens is 156 g/mol. The summed E-state index contributed by atoms with van der Waals surface area (Å²) in [6.07, 6.45) is 0.994. The van der Waals surface area contributed by atoms with Gasteiger partial charge >= 0.3 is 5.97 Å². The molecule has 0 amide bonds. The number of esters is 1. The number of hydrogen-bond donors (Lipinski definition) is 1. The van der Waals surface area contributed by atoms with Crippen LogP contribution in [0.15, 0.2) is 0 Å². The average Bonchev–Trinajstić information content (AvgIpc) is 1.85. The second-order valence-corrected chi connectivity index (χ2v) is 2.58. The summed E-state index contributed by atoms with van der Waals surface area (Å²) in [5.41, 5.74) is 0. The molecule has 5 heteroatoms. The first kappa shape index (κ1) is 9.58. The molecule has 0 fully saturated rings. The van der Waals surface area contributed by atoms with Crippen LogP contribution in [0.3, 0.4) is 0 Å². The smallest absolute Gasteiger partial charge is 0.306 e. The number of hydrogen-bond acceptors (Lipinski definition) is 3. The van der Waals surface area contributed by atoms with Gasteiger partial charge in [0.1, 0.15) is 0 Å². The van der Waals surface area contributed by atoms with Gasteiger partial charge in [0.2, 0.25) is 0 Å². The fourth-order valence-electron chi connectivity index (χ4n) is 0.392. The highest BCUT2D eigenvalue weighted by Crippen LogP contribution is 1.91. The summed E-state index contributed by atoms with van der Waals surface area (Å²) in [5.74, 6) is -0.844. The molecule has 0 aromatic rings. The summed E-state index contributed by atoms with van der Waals surface area (Å²) in [6, 6.07) is 0. The molecule has 4 nitrogen and oxygen atoms in total. The van der Waals surface area contributed by atoms with Gasteiger partial charge in [0.05, 0.1) is 0 Å². The molecule has 0 aromatic carbocycles. The number of ether oxygens (including phenoxy) is 1. The minimum atomic E-state index is -2.03. The van der Waals surface area contributed by atoms with Crippen molar-refractivity contribution in [3.8, 4) is 0 Å². The summed E-state index contributed by atoms with van der Waals surface area (Å²) in [6.45, 7) is 1.83. The zero-order chi connectivity index (χ0) is 7.98. The van der Waals surface area contributed by atoms with Crippen LogP contribution in [-0.4, -0.2) is 20.7 Å². The summed E-state index contributed by atoms with van der Waals surface area (Å²) >= 11 is -2.03. The van der Waals surface area contributed by atoms with Crippen LogP contribution in [0, 0.1) is 0 Å². The Morgan fingerprint density at radius 3 is 2.70 bits per heavy atom. The maximum Gasteiger partial charge on any atom is 0.306 e. The Morgan fingerprint density at radius 1 is 1.70 bits per heavy atom. The molecule has 1 atom stereocenters. The highest BCUT2D eigenvalue weighted by Gasteiger charge is 2.01. The Labute approximate surface area is 61.9 Å². The molecule has 0 heterocycles. The van der Waals surface area contributed by atoms with E-state index < -0.39 is 23.0 Å². The van der Waals surface area contributed by atoms with E-state index in [-0.39, 0.29) is 0 Å². The fourth-order valence-corrected chi connectivity index (χ4v) is 0.625. The second kappa shape index (κ2) is 5.37. The van der Waals surface area contributed by atoms with Crippen molar-refractivity contribution in [2.75, 3.05) is 5.94 Å². The van der Waals surface area contributed by atoms with Crippen molar-refractivity contribution in [2.24, 2.45) is 0 Å². The summed E-state index contributed by atoms with van der Waals surface area (Å²) in [4.78, 5) is 10.5. The lowest BCUT2D eigenvalue weighted by molar-refractivity contribution is -0.141. The van der Waals surface area contributed by atoms with E-state index in [1.54, 1.807) is 0 Å². The van der Waals surface area contributed by atoms with Gasteiger partial charge in [-0.05, 0) is 6.42 Å². The molecule has 1 N–H and O–H groups in total. The fraction of sp³-hybridized carbons (Fsp3) is 0.800. The van der Waals surface area contributed by atoms with Gasteiger partial charge < -0.3 is 9.29 Å². The highest BCUT2D eigenvalue weighted by molar-refractivity contribution is 7.79. The molecule has 0 aliphatic carbocycles. The van der Waals surface area contributed by atoms with Gasteiger partial charge in [0.15, 0.2) is 17.0 Å². The Kier molecular flexibility index (Phi) is 5.15. The summed E-state index contributed by atoms with van der Waals surface area (Å²) in [7, 11) is 0. The summed E-state index contributed by atoms with van der Waals surface area (Å²) in [5, 5.41) is 0. The zero-order valence-electron chi connectivity index (χ0n) is 5.70. The van der Waals surface area contributed by atoms with Crippen molar-refractivity contribution >= 4 is 17.0 Å². The minimum Gasteiger partial charge on any atom is -0.449 e. The Hall–Kier alpha value is -0.420. The van der Waals surface area contributed by atoms with Crippen molar-refractivity contribution in [2.45, 2.75) is 19.8 Å². The van der Waals surface area contributed by atoms with Crippen LogP contribution in [0.4, 0.5) is 0 Å². The maximum atomic E-state index is 10.5. The maximum absolute atomic E-state index is 10.5. The van der Waals surface area contributed by atoms with E-state index in [0.717, 1.165) is 0 Å². The molecular formula is C5H10O4S. The predicted molar refractivity (Wildman–Crippen MR) is 36.6 cm³/mol. The van der Waals surface area contributed by atoms with Gasteiger partial charge in [0.25, 0.3) is 0 Å². The lowest BCUT2D eigenvalue weighted by Crippen LogP contribution is -2.08. The van der Waals surface area contributed by atoms with E-state index in [4.69, 9.17) is 4.55 Å². The summed E-state index contributed by atoms with van der Waals surface area (Å²) < 4.78 is 22.5. The van der Waals surface area contributed by atoms with Crippen molar-refractivity contribution < 1.29 is 18.3 Å². The SMILES string of the molecule is CCCC(=O)OCS(=O)O. The minimum absolute atomic E-state index is 0.303. The normalized spacial score (nSPS) is 12.6.